The van der Waals surface area contributed by atoms with Crippen LogP contribution in [0.25, 0.3) is 0 Å². The van der Waals surface area contributed by atoms with E-state index < -0.39 is 0 Å². The summed E-state index contributed by atoms with van der Waals surface area (Å²) in [7, 11) is 0. The maximum absolute atomic E-state index is 9.20. The van der Waals surface area contributed by atoms with Crippen LogP contribution in [-0.4, -0.2) is 42.5 Å². The molecule has 0 amide bonds. The zero-order valence-corrected chi connectivity index (χ0v) is 13.1. The molecule has 0 bridgehead atoms. The molecule has 0 saturated carbocycles. The van der Waals surface area contributed by atoms with Gasteiger partial charge in [-0.05, 0) is 31.5 Å². The fourth-order valence-corrected chi connectivity index (χ4v) is 2.95. The Labute approximate surface area is 133 Å². The van der Waals surface area contributed by atoms with Crippen LogP contribution < -0.4 is 0 Å². The van der Waals surface area contributed by atoms with Crippen molar-refractivity contribution in [2.75, 3.05) is 32.7 Å². The first-order valence-corrected chi connectivity index (χ1v) is 8.07. The van der Waals surface area contributed by atoms with E-state index >= 15 is 0 Å². The predicted molar refractivity (Wildman–Crippen MR) is 86.7 cm³/mol. The van der Waals surface area contributed by atoms with E-state index in [1.54, 1.807) is 0 Å². The number of benzene rings is 1. The summed E-state index contributed by atoms with van der Waals surface area (Å²) < 4.78 is 0. The molecule has 0 aliphatic carbocycles. The Kier molecular flexibility index (Phi) is 6.90. The molecule has 4 nitrogen and oxygen atoms in total. The van der Waals surface area contributed by atoms with Crippen molar-refractivity contribution in [1.29, 1.82) is 10.5 Å². The minimum atomic E-state index is -0.0136. The first-order chi connectivity index (χ1) is 10.8. The van der Waals surface area contributed by atoms with Crippen molar-refractivity contribution in [3.05, 3.63) is 35.9 Å². The summed E-state index contributed by atoms with van der Waals surface area (Å²) in [6.45, 7) is 6.03. The molecule has 1 aliphatic rings. The van der Waals surface area contributed by atoms with Gasteiger partial charge in [0, 0.05) is 32.6 Å². The molecule has 4 heteroatoms. The first-order valence-electron chi connectivity index (χ1n) is 8.07. The van der Waals surface area contributed by atoms with Gasteiger partial charge in [-0.25, -0.2) is 0 Å². The molecule has 0 spiro atoms. The summed E-state index contributed by atoms with van der Waals surface area (Å²) in [4.78, 5) is 4.88. The van der Waals surface area contributed by atoms with Crippen molar-refractivity contribution in [1.82, 2.24) is 9.80 Å². The summed E-state index contributed by atoms with van der Waals surface area (Å²) >= 11 is 0. The minimum absolute atomic E-state index is 0.0136. The maximum atomic E-state index is 9.20. The SMILES string of the molecule is N#CCCC(C#N)CN1CCCN(Cc2ccccc2)CC1. The zero-order chi connectivity index (χ0) is 15.6. The van der Waals surface area contributed by atoms with Crippen molar-refractivity contribution < 1.29 is 0 Å². The van der Waals surface area contributed by atoms with Crippen molar-refractivity contribution in [3.8, 4) is 12.1 Å². The average molecular weight is 296 g/mol. The summed E-state index contributed by atoms with van der Waals surface area (Å²) in [5.41, 5.74) is 1.36. The number of nitrogens with zero attached hydrogens (tertiary/aromatic N) is 4. The number of nitriles is 2. The monoisotopic (exact) mass is 296 g/mol. The van der Waals surface area contributed by atoms with Crippen molar-refractivity contribution in [3.63, 3.8) is 0 Å². The van der Waals surface area contributed by atoms with Gasteiger partial charge in [0.2, 0.25) is 0 Å². The summed E-state index contributed by atoms with van der Waals surface area (Å²) in [6, 6.07) is 15.1. The Balaban J connectivity index is 1.80. The molecule has 1 aromatic carbocycles. The van der Waals surface area contributed by atoms with E-state index in [0.29, 0.717) is 12.8 Å². The van der Waals surface area contributed by atoms with Crippen molar-refractivity contribution in [2.24, 2.45) is 5.92 Å². The van der Waals surface area contributed by atoms with Crippen LogP contribution in [-0.2, 0) is 6.54 Å². The first kappa shape index (κ1) is 16.5. The lowest BCUT2D eigenvalue weighted by molar-refractivity contribution is 0.236. The summed E-state index contributed by atoms with van der Waals surface area (Å²) in [5, 5.41) is 17.9. The van der Waals surface area contributed by atoms with Crippen LogP contribution in [0, 0.1) is 28.6 Å². The van der Waals surface area contributed by atoms with E-state index in [2.05, 4.69) is 52.3 Å². The van der Waals surface area contributed by atoms with Gasteiger partial charge >= 0.3 is 0 Å². The second-order valence-corrected chi connectivity index (χ2v) is 5.94. The number of hydrogen-bond donors (Lipinski definition) is 0. The second kappa shape index (κ2) is 9.20. The molecule has 0 radical (unpaired) electrons. The Morgan fingerprint density at radius 3 is 2.45 bits per heavy atom. The van der Waals surface area contributed by atoms with Gasteiger partial charge in [0.1, 0.15) is 0 Å². The second-order valence-electron chi connectivity index (χ2n) is 5.94. The van der Waals surface area contributed by atoms with Crippen LogP contribution >= 0.6 is 0 Å². The van der Waals surface area contributed by atoms with Gasteiger partial charge in [0.25, 0.3) is 0 Å². The normalized spacial score (nSPS) is 18.1. The highest BCUT2D eigenvalue weighted by Gasteiger charge is 2.18. The number of rotatable bonds is 6. The zero-order valence-electron chi connectivity index (χ0n) is 13.1. The van der Waals surface area contributed by atoms with Gasteiger partial charge in [0.05, 0.1) is 18.1 Å². The lowest BCUT2D eigenvalue weighted by Gasteiger charge is -2.23. The third-order valence-corrected chi connectivity index (χ3v) is 4.20. The molecular formula is C18H24N4. The van der Waals surface area contributed by atoms with Gasteiger partial charge in [-0.2, -0.15) is 10.5 Å². The molecule has 116 valence electrons. The Hall–Kier alpha value is -1.88. The molecule has 1 heterocycles. The molecule has 1 saturated heterocycles. The highest BCUT2D eigenvalue weighted by Crippen LogP contribution is 2.12. The van der Waals surface area contributed by atoms with E-state index in [1.807, 2.05) is 0 Å². The summed E-state index contributed by atoms with van der Waals surface area (Å²) in [6.07, 6.45) is 2.31. The van der Waals surface area contributed by atoms with E-state index in [-0.39, 0.29) is 5.92 Å². The van der Waals surface area contributed by atoms with E-state index in [1.165, 1.54) is 5.56 Å². The molecule has 0 N–H and O–H groups in total. The molecule has 1 aliphatic heterocycles. The van der Waals surface area contributed by atoms with Crippen molar-refractivity contribution >= 4 is 0 Å². The molecular weight excluding hydrogens is 272 g/mol. The molecule has 1 atom stereocenters. The highest BCUT2D eigenvalue weighted by atomic mass is 15.2. The average Bonchev–Trinajstić information content (AvgIpc) is 2.77. The fraction of sp³-hybridized carbons (Fsp3) is 0.556. The smallest absolute Gasteiger partial charge is 0.0669 e. The van der Waals surface area contributed by atoms with E-state index in [4.69, 9.17) is 5.26 Å². The summed E-state index contributed by atoms with van der Waals surface area (Å²) in [5.74, 6) is -0.0136. The van der Waals surface area contributed by atoms with Crippen LogP contribution in [0.3, 0.4) is 0 Å². The quantitative estimate of drug-likeness (QED) is 0.810. The lowest BCUT2D eigenvalue weighted by Crippen LogP contribution is -2.33. The van der Waals surface area contributed by atoms with E-state index in [9.17, 15) is 5.26 Å². The molecule has 2 rings (SSSR count). The van der Waals surface area contributed by atoms with Crippen LogP contribution in [0.15, 0.2) is 30.3 Å². The topological polar surface area (TPSA) is 54.1 Å². The van der Waals surface area contributed by atoms with Gasteiger partial charge < -0.3 is 4.90 Å². The lowest BCUT2D eigenvalue weighted by atomic mass is 10.0. The Morgan fingerprint density at radius 2 is 1.73 bits per heavy atom. The van der Waals surface area contributed by atoms with Gasteiger partial charge in [0.15, 0.2) is 0 Å². The molecule has 1 aromatic rings. The van der Waals surface area contributed by atoms with E-state index in [0.717, 1.165) is 45.7 Å². The van der Waals surface area contributed by atoms with Crippen molar-refractivity contribution in [2.45, 2.75) is 25.8 Å². The minimum Gasteiger partial charge on any atom is -0.301 e. The maximum Gasteiger partial charge on any atom is 0.0669 e. The van der Waals surface area contributed by atoms with Crippen LogP contribution in [0.5, 0.6) is 0 Å². The number of hydrogen-bond acceptors (Lipinski definition) is 4. The molecule has 1 unspecified atom stereocenters. The van der Waals surface area contributed by atoms with Crippen LogP contribution in [0.2, 0.25) is 0 Å². The predicted octanol–water partition coefficient (Wildman–Crippen LogP) is 2.64. The van der Waals surface area contributed by atoms with Crippen LogP contribution in [0.1, 0.15) is 24.8 Å². The standard InChI is InChI=1S/C18H24N4/c19-9-4-8-18(14-20)16-22-11-5-10-21(12-13-22)15-17-6-2-1-3-7-17/h1-3,6-7,18H,4-5,8,10-13,15-16H2. The molecule has 0 aromatic heterocycles. The Bertz CT molecular complexity index is 514. The Morgan fingerprint density at radius 1 is 1.00 bits per heavy atom. The molecule has 22 heavy (non-hydrogen) atoms. The van der Waals surface area contributed by atoms with Gasteiger partial charge in [-0.3, -0.25) is 4.90 Å². The molecule has 1 fully saturated rings. The van der Waals surface area contributed by atoms with Gasteiger partial charge in [-0.1, -0.05) is 30.3 Å². The largest absolute Gasteiger partial charge is 0.301 e. The highest BCUT2D eigenvalue weighted by molar-refractivity contribution is 5.14. The third-order valence-electron chi connectivity index (χ3n) is 4.20. The van der Waals surface area contributed by atoms with Gasteiger partial charge in [-0.15, -0.1) is 0 Å². The van der Waals surface area contributed by atoms with Crippen LogP contribution in [0.4, 0.5) is 0 Å². The fourth-order valence-electron chi connectivity index (χ4n) is 2.95. The third kappa shape index (κ3) is 5.48.